The highest BCUT2D eigenvalue weighted by molar-refractivity contribution is 7.17. The lowest BCUT2D eigenvalue weighted by Gasteiger charge is -2.23. The summed E-state index contributed by atoms with van der Waals surface area (Å²) in [4.78, 5) is 45.1. The number of carbonyl (C=O) groups excluding carboxylic acids is 3. The number of rotatable bonds is 9. The molecule has 212 valence electrons. The van der Waals surface area contributed by atoms with Crippen LogP contribution >= 0.6 is 11.3 Å². The molecule has 1 atom stereocenters. The summed E-state index contributed by atoms with van der Waals surface area (Å²) in [6.45, 7) is 5.48. The van der Waals surface area contributed by atoms with E-state index in [4.69, 9.17) is 9.47 Å². The number of aliphatic hydroxyl groups excluding tert-OH is 1. The van der Waals surface area contributed by atoms with Crippen molar-refractivity contribution in [3.05, 3.63) is 124 Å². The third-order valence-corrected chi connectivity index (χ3v) is 7.68. The Morgan fingerprint density at radius 2 is 1.74 bits per heavy atom. The zero-order valence-corrected chi connectivity index (χ0v) is 23.3. The summed E-state index contributed by atoms with van der Waals surface area (Å²) in [6.07, 6.45) is 1.43. The van der Waals surface area contributed by atoms with Gasteiger partial charge in [-0.2, -0.15) is 0 Å². The fourth-order valence-corrected chi connectivity index (χ4v) is 5.47. The Balaban J connectivity index is 1.52. The lowest BCUT2D eigenvalue weighted by atomic mass is 9.95. The van der Waals surface area contributed by atoms with Crippen LogP contribution in [0.5, 0.6) is 11.5 Å². The lowest BCUT2D eigenvalue weighted by molar-refractivity contribution is -0.132. The Morgan fingerprint density at radius 3 is 2.40 bits per heavy atom. The van der Waals surface area contributed by atoms with Crippen LogP contribution in [0.2, 0.25) is 0 Å². The molecule has 1 aliphatic heterocycles. The maximum atomic E-state index is 13.4. The summed E-state index contributed by atoms with van der Waals surface area (Å²) in [5.74, 6) is -2.32. The Kier molecular flexibility index (Phi) is 8.16. The van der Waals surface area contributed by atoms with Crippen molar-refractivity contribution in [1.29, 1.82) is 0 Å². The number of aryl methyl sites for hydroxylation is 1. The normalized spacial score (nSPS) is 15.9. The van der Waals surface area contributed by atoms with Gasteiger partial charge in [-0.1, -0.05) is 66.5 Å². The number of Topliss-reactive ketones (excluding diaryl/α,β-unsaturated/α-hetero) is 1. The van der Waals surface area contributed by atoms with Crippen LogP contribution in [0.3, 0.4) is 0 Å². The zero-order chi connectivity index (χ0) is 29.8. The Hall–Kier alpha value is -5.22. The predicted molar refractivity (Wildman–Crippen MR) is 157 cm³/mol. The second kappa shape index (κ2) is 12.1. The van der Waals surface area contributed by atoms with Gasteiger partial charge in [0.2, 0.25) is 0 Å². The van der Waals surface area contributed by atoms with Crippen molar-refractivity contribution in [2.75, 3.05) is 11.5 Å². The minimum Gasteiger partial charge on any atom is -0.508 e. The molecule has 5 rings (SSSR count). The second-order valence-corrected chi connectivity index (χ2v) is 10.3. The van der Waals surface area contributed by atoms with Gasteiger partial charge in [-0.3, -0.25) is 14.5 Å². The van der Waals surface area contributed by atoms with Crippen LogP contribution in [0.25, 0.3) is 5.76 Å². The van der Waals surface area contributed by atoms with Gasteiger partial charge < -0.3 is 19.7 Å². The first-order valence-corrected chi connectivity index (χ1v) is 13.7. The van der Waals surface area contributed by atoms with Crippen molar-refractivity contribution in [2.45, 2.75) is 19.6 Å². The number of amides is 1. The number of carbonyl (C=O) groups is 3. The number of thiazole rings is 1. The van der Waals surface area contributed by atoms with E-state index in [0.29, 0.717) is 29.2 Å². The average Bonchev–Trinajstić information content (AvgIpc) is 3.51. The molecule has 0 aliphatic carbocycles. The van der Waals surface area contributed by atoms with E-state index in [1.807, 2.05) is 30.3 Å². The van der Waals surface area contributed by atoms with E-state index in [1.54, 1.807) is 43.3 Å². The van der Waals surface area contributed by atoms with E-state index >= 15 is 0 Å². The van der Waals surface area contributed by atoms with E-state index < -0.39 is 23.7 Å². The zero-order valence-electron chi connectivity index (χ0n) is 22.5. The molecule has 0 saturated carbocycles. The number of nitrogens with zero attached hydrogens (tertiary/aromatic N) is 2. The molecule has 1 unspecified atom stereocenters. The van der Waals surface area contributed by atoms with Crippen LogP contribution in [0.15, 0.2) is 97.1 Å². The third-order valence-electron chi connectivity index (χ3n) is 6.54. The third kappa shape index (κ3) is 5.65. The number of hydrogen-bond acceptors (Lipinski definition) is 9. The number of anilines is 1. The van der Waals surface area contributed by atoms with Crippen LogP contribution in [0.1, 0.15) is 38.1 Å². The van der Waals surface area contributed by atoms with Crippen LogP contribution in [-0.4, -0.2) is 39.5 Å². The largest absolute Gasteiger partial charge is 0.508 e. The predicted octanol–water partition coefficient (Wildman–Crippen LogP) is 5.71. The molecule has 1 aromatic heterocycles. The number of ketones is 1. The number of aliphatic hydroxyl groups is 1. The Labute approximate surface area is 245 Å². The standard InChI is InChI=1S/C32H26N2O7S/c1-3-17-40-31(39)29-19(2)33-32(42-29)34-26(21-9-13-23(35)14-10-21)25(28(37)30(34)38)27(36)22-11-15-24(16-12-22)41-18-20-7-5-4-6-8-20/h3-16,26,35-36H,1,17-18H2,2H3/b27-25+. The van der Waals surface area contributed by atoms with Gasteiger partial charge in [0.05, 0.1) is 17.3 Å². The summed E-state index contributed by atoms with van der Waals surface area (Å²) in [7, 11) is 0. The first-order valence-electron chi connectivity index (χ1n) is 12.9. The minimum atomic E-state index is -1.08. The molecule has 1 aliphatic rings. The minimum absolute atomic E-state index is 0.000382. The number of hydrogen-bond donors (Lipinski definition) is 2. The molecule has 10 heteroatoms. The summed E-state index contributed by atoms with van der Waals surface area (Å²) in [5.41, 5.74) is 1.90. The molecule has 2 heterocycles. The van der Waals surface area contributed by atoms with E-state index in [-0.39, 0.29) is 33.7 Å². The van der Waals surface area contributed by atoms with Crippen molar-refractivity contribution in [2.24, 2.45) is 0 Å². The molecule has 3 aromatic carbocycles. The highest BCUT2D eigenvalue weighted by Crippen LogP contribution is 2.44. The maximum Gasteiger partial charge on any atom is 0.350 e. The highest BCUT2D eigenvalue weighted by Gasteiger charge is 2.48. The van der Waals surface area contributed by atoms with Gasteiger partial charge >= 0.3 is 11.9 Å². The number of benzene rings is 3. The van der Waals surface area contributed by atoms with Crippen LogP contribution in [-0.2, 0) is 20.9 Å². The summed E-state index contributed by atoms with van der Waals surface area (Å²) >= 11 is 0.901. The number of ether oxygens (including phenoxy) is 2. The number of esters is 1. The molecule has 9 nitrogen and oxygen atoms in total. The van der Waals surface area contributed by atoms with Crippen molar-refractivity contribution in [3.8, 4) is 11.5 Å². The molecule has 1 saturated heterocycles. The Bertz CT molecular complexity index is 1680. The van der Waals surface area contributed by atoms with Crippen molar-refractivity contribution in [3.63, 3.8) is 0 Å². The first kappa shape index (κ1) is 28.3. The van der Waals surface area contributed by atoms with Gasteiger partial charge in [0.25, 0.3) is 5.78 Å². The molecule has 0 bridgehead atoms. The van der Waals surface area contributed by atoms with Crippen molar-refractivity contribution in [1.82, 2.24) is 4.98 Å². The molecule has 2 N–H and O–H groups in total. The van der Waals surface area contributed by atoms with Gasteiger partial charge in [-0.15, -0.1) is 0 Å². The Morgan fingerprint density at radius 1 is 1.05 bits per heavy atom. The van der Waals surface area contributed by atoms with E-state index in [2.05, 4.69) is 11.6 Å². The molecule has 0 radical (unpaired) electrons. The van der Waals surface area contributed by atoms with Crippen LogP contribution in [0, 0.1) is 6.92 Å². The topological polar surface area (TPSA) is 126 Å². The summed E-state index contributed by atoms with van der Waals surface area (Å²) < 4.78 is 11.0. The monoisotopic (exact) mass is 582 g/mol. The molecular weight excluding hydrogens is 556 g/mol. The van der Waals surface area contributed by atoms with E-state index in [1.165, 1.54) is 18.2 Å². The average molecular weight is 583 g/mol. The summed E-state index contributed by atoms with van der Waals surface area (Å²) in [6, 6.07) is 21.0. The molecular formula is C32H26N2O7S. The number of aromatic nitrogens is 1. The van der Waals surface area contributed by atoms with Crippen molar-refractivity contribution >= 4 is 39.9 Å². The molecule has 1 amide bonds. The van der Waals surface area contributed by atoms with E-state index in [9.17, 15) is 24.6 Å². The SMILES string of the molecule is C=CCOC(=O)c1sc(N2C(=O)C(=O)/C(=C(/O)c3ccc(OCc4ccccc4)cc3)C2c2ccc(O)cc2)nc1C. The smallest absolute Gasteiger partial charge is 0.350 e. The molecule has 0 spiro atoms. The number of phenols is 1. The first-order chi connectivity index (χ1) is 20.3. The molecule has 4 aromatic rings. The second-order valence-electron chi connectivity index (χ2n) is 9.36. The number of phenolic OH excluding ortho intramolecular Hbond substituents is 1. The van der Waals surface area contributed by atoms with Gasteiger partial charge in [0, 0.05) is 5.56 Å². The lowest BCUT2D eigenvalue weighted by Crippen LogP contribution is -2.29. The van der Waals surface area contributed by atoms with Crippen LogP contribution in [0.4, 0.5) is 5.13 Å². The van der Waals surface area contributed by atoms with Gasteiger partial charge in [-0.25, -0.2) is 9.78 Å². The maximum absolute atomic E-state index is 13.4. The van der Waals surface area contributed by atoms with Crippen molar-refractivity contribution < 1.29 is 34.1 Å². The van der Waals surface area contributed by atoms with Gasteiger partial charge in [-0.05, 0) is 54.4 Å². The molecule has 1 fully saturated rings. The van der Waals surface area contributed by atoms with Crippen LogP contribution < -0.4 is 9.64 Å². The highest BCUT2D eigenvalue weighted by atomic mass is 32.1. The quantitative estimate of drug-likeness (QED) is 0.0846. The van der Waals surface area contributed by atoms with Gasteiger partial charge in [0.15, 0.2) is 5.13 Å². The fraction of sp³-hybridized carbons (Fsp3) is 0.125. The van der Waals surface area contributed by atoms with E-state index in [0.717, 1.165) is 21.8 Å². The number of aromatic hydroxyl groups is 1. The molecule has 42 heavy (non-hydrogen) atoms. The fourth-order valence-electron chi connectivity index (χ4n) is 4.48. The summed E-state index contributed by atoms with van der Waals surface area (Å²) in [5, 5.41) is 21.3. The van der Waals surface area contributed by atoms with Gasteiger partial charge in [0.1, 0.15) is 35.3 Å².